The van der Waals surface area contributed by atoms with Crippen LogP contribution in [0.3, 0.4) is 0 Å². The van der Waals surface area contributed by atoms with Crippen molar-refractivity contribution < 1.29 is 19.4 Å². The maximum absolute atomic E-state index is 11.6. The van der Waals surface area contributed by atoms with Crippen LogP contribution in [0.2, 0.25) is 0 Å². The Bertz CT molecular complexity index is 463. The molecule has 0 fully saturated rings. The smallest absolute Gasteiger partial charge is 0.315 e. The second-order valence-electron chi connectivity index (χ2n) is 4.51. The first-order valence-corrected chi connectivity index (χ1v) is 7.01. The molecule has 0 unspecified atom stereocenters. The summed E-state index contributed by atoms with van der Waals surface area (Å²) in [4.78, 5) is 21.9. The largest absolute Gasteiger partial charge is 0.481 e. The highest BCUT2D eigenvalue weighted by Gasteiger charge is 2.05. The predicted molar refractivity (Wildman–Crippen MR) is 78.9 cm³/mol. The summed E-state index contributed by atoms with van der Waals surface area (Å²) in [5.41, 5.74) is 2.05. The Hall–Kier alpha value is -2.08. The number of nitrogens with one attached hydrogen (secondary N) is 2. The van der Waals surface area contributed by atoms with Gasteiger partial charge in [-0.25, -0.2) is 4.79 Å². The van der Waals surface area contributed by atoms with Crippen molar-refractivity contribution >= 4 is 12.0 Å². The van der Waals surface area contributed by atoms with Crippen molar-refractivity contribution in [1.82, 2.24) is 10.6 Å². The Morgan fingerprint density at radius 2 is 1.90 bits per heavy atom. The van der Waals surface area contributed by atoms with E-state index in [1.807, 2.05) is 31.2 Å². The van der Waals surface area contributed by atoms with Crippen LogP contribution in [0.15, 0.2) is 24.3 Å². The molecule has 116 valence electrons. The Kier molecular flexibility index (Phi) is 7.89. The molecule has 0 radical (unpaired) electrons. The third kappa shape index (κ3) is 7.31. The van der Waals surface area contributed by atoms with Gasteiger partial charge in [-0.1, -0.05) is 24.3 Å². The molecular weight excluding hydrogens is 272 g/mol. The molecule has 3 N–H and O–H groups in total. The lowest BCUT2D eigenvalue weighted by Gasteiger charge is -2.11. The van der Waals surface area contributed by atoms with E-state index in [-0.39, 0.29) is 12.5 Å². The highest BCUT2D eigenvalue weighted by molar-refractivity contribution is 5.74. The zero-order chi connectivity index (χ0) is 15.5. The van der Waals surface area contributed by atoms with Crippen molar-refractivity contribution in [3.05, 3.63) is 35.4 Å². The molecule has 2 amide bonds. The number of ether oxygens (including phenoxy) is 1. The number of carboxylic acid groups (broad SMARTS) is 1. The Morgan fingerprint density at radius 3 is 2.57 bits per heavy atom. The van der Waals surface area contributed by atoms with E-state index in [2.05, 4.69) is 10.6 Å². The number of benzene rings is 1. The minimum absolute atomic E-state index is 0.0530. The first kappa shape index (κ1) is 17.0. The second kappa shape index (κ2) is 9.77. The molecular formula is C15H22N2O4. The summed E-state index contributed by atoms with van der Waals surface area (Å²) in [6, 6.07) is 7.46. The zero-order valence-electron chi connectivity index (χ0n) is 12.2. The van der Waals surface area contributed by atoms with Crippen LogP contribution in [0.1, 0.15) is 30.9 Å². The van der Waals surface area contributed by atoms with Gasteiger partial charge in [0.25, 0.3) is 0 Å². The van der Waals surface area contributed by atoms with Crippen LogP contribution in [-0.4, -0.2) is 30.3 Å². The molecule has 0 aromatic heterocycles. The quantitative estimate of drug-likeness (QED) is 0.607. The van der Waals surface area contributed by atoms with E-state index in [0.29, 0.717) is 32.7 Å². The van der Waals surface area contributed by atoms with Gasteiger partial charge in [0, 0.05) is 26.1 Å². The summed E-state index contributed by atoms with van der Waals surface area (Å²) in [6.45, 7) is 3.86. The topological polar surface area (TPSA) is 87.7 Å². The first-order valence-electron chi connectivity index (χ1n) is 7.01. The van der Waals surface area contributed by atoms with E-state index >= 15 is 0 Å². The van der Waals surface area contributed by atoms with Crippen LogP contribution in [0.4, 0.5) is 4.79 Å². The minimum Gasteiger partial charge on any atom is -0.481 e. The van der Waals surface area contributed by atoms with Gasteiger partial charge in [-0.3, -0.25) is 4.79 Å². The SMILES string of the molecule is CCOCc1ccccc1CNC(=O)NCCCC(=O)O. The van der Waals surface area contributed by atoms with Gasteiger partial charge < -0.3 is 20.5 Å². The number of carbonyl (C=O) groups excluding carboxylic acids is 1. The molecule has 1 aromatic carbocycles. The lowest BCUT2D eigenvalue weighted by Crippen LogP contribution is -2.35. The molecule has 0 bridgehead atoms. The second-order valence-corrected chi connectivity index (χ2v) is 4.51. The number of aliphatic carboxylic acids is 1. The van der Waals surface area contributed by atoms with E-state index in [4.69, 9.17) is 9.84 Å². The van der Waals surface area contributed by atoms with Gasteiger partial charge >= 0.3 is 12.0 Å². The third-order valence-corrected chi connectivity index (χ3v) is 2.87. The van der Waals surface area contributed by atoms with Crippen molar-refractivity contribution in [2.24, 2.45) is 0 Å². The molecule has 1 aromatic rings. The van der Waals surface area contributed by atoms with Crippen LogP contribution < -0.4 is 10.6 Å². The summed E-state index contributed by atoms with van der Waals surface area (Å²) >= 11 is 0. The monoisotopic (exact) mass is 294 g/mol. The highest BCUT2D eigenvalue weighted by atomic mass is 16.5. The number of hydrogen-bond acceptors (Lipinski definition) is 3. The van der Waals surface area contributed by atoms with E-state index in [1.165, 1.54) is 0 Å². The van der Waals surface area contributed by atoms with Gasteiger partial charge in [-0.15, -0.1) is 0 Å². The fourth-order valence-corrected chi connectivity index (χ4v) is 1.76. The molecule has 0 saturated heterocycles. The summed E-state index contributed by atoms with van der Waals surface area (Å²) in [7, 11) is 0. The van der Waals surface area contributed by atoms with Gasteiger partial charge in [0.2, 0.25) is 0 Å². The van der Waals surface area contributed by atoms with Crippen molar-refractivity contribution in [1.29, 1.82) is 0 Å². The Morgan fingerprint density at radius 1 is 1.19 bits per heavy atom. The normalized spacial score (nSPS) is 10.1. The molecule has 6 heteroatoms. The zero-order valence-corrected chi connectivity index (χ0v) is 12.2. The van der Waals surface area contributed by atoms with Gasteiger partial charge in [0.15, 0.2) is 0 Å². The maximum atomic E-state index is 11.6. The molecule has 0 aliphatic heterocycles. The van der Waals surface area contributed by atoms with E-state index in [1.54, 1.807) is 0 Å². The van der Waals surface area contributed by atoms with Crippen LogP contribution in [-0.2, 0) is 22.7 Å². The number of carbonyl (C=O) groups is 2. The van der Waals surface area contributed by atoms with Crippen LogP contribution in [0.5, 0.6) is 0 Å². The number of rotatable bonds is 9. The summed E-state index contributed by atoms with van der Waals surface area (Å²) in [6.07, 6.45) is 0.473. The standard InChI is InChI=1S/C15H22N2O4/c1-2-21-11-13-7-4-3-6-12(13)10-17-15(20)16-9-5-8-14(18)19/h3-4,6-7H,2,5,8-11H2,1H3,(H,18,19)(H2,16,17,20). The summed E-state index contributed by atoms with van der Waals surface area (Å²) in [5, 5.41) is 13.9. The number of urea groups is 1. The van der Waals surface area contributed by atoms with Crippen LogP contribution in [0, 0.1) is 0 Å². The Labute approximate surface area is 124 Å². The fraction of sp³-hybridized carbons (Fsp3) is 0.467. The highest BCUT2D eigenvalue weighted by Crippen LogP contribution is 2.09. The number of hydrogen-bond donors (Lipinski definition) is 3. The van der Waals surface area contributed by atoms with Crippen LogP contribution >= 0.6 is 0 Å². The van der Waals surface area contributed by atoms with E-state index in [0.717, 1.165) is 11.1 Å². The van der Waals surface area contributed by atoms with Crippen molar-refractivity contribution in [2.45, 2.75) is 32.9 Å². The molecule has 0 aliphatic carbocycles. The first-order chi connectivity index (χ1) is 10.1. The van der Waals surface area contributed by atoms with Crippen LogP contribution in [0.25, 0.3) is 0 Å². The number of carboxylic acids is 1. The van der Waals surface area contributed by atoms with E-state index < -0.39 is 5.97 Å². The minimum atomic E-state index is -0.859. The van der Waals surface area contributed by atoms with Gasteiger partial charge in [-0.05, 0) is 24.5 Å². The predicted octanol–water partition coefficient (Wildman–Crippen LogP) is 1.89. The molecule has 6 nitrogen and oxygen atoms in total. The molecule has 1 rings (SSSR count). The third-order valence-electron chi connectivity index (χ3n) is 2.87. The fourth-order valence-electron chi connectivity index (χ4n) is 1.76. The van der Waals surface area contributed by atoms with Gasteiger partial charge in [0.1, 0.15) is 0 Å². The van der Waals surface area contributed by atoms with Crippen molar-refractivity contribution in [2.75, 3.05) is 13.2 Å². The average molecular weight is 294 g/mol. The van der Waals surface area contributed by atoms with Crippen molar-refractivity contribution in [3.63, 3.8) is 0 Å². The Balaban J connectivity index is 2.33. The molecule has 21 heavy (non-hydrogen) atoms. The molecule has 0 heterocycles. The molecule has 0 spiro atoms. The average Bonchev–Trinajstić information content (AvgIpc) is 2.48. The molecule has 0 aliphatic rings. The molecule has 0 saturated carbocycles. The van der Waals surface area contributed by atoms with E-state index in [9.17, 15) is 9.59 Å². The number of amides is 2. The lowest BCUT2D eigenvalue weighted by molar-refractivity contribution is -0.137. The molecule has 0 atom stereocenters. The summed E-state index contributed by atoms with van der Waals surface area (Å²) < 4.78 is 5.38. The lowest BCUT2D eigenvalue weighted by atomic mass is 10.1. The van der Waals surface area contributed by atoms with Crippen molar-refractivity contribution in [3.8, 4) is 0 Å². The van der Waals surface area contributed by atoms with Gasteiger partial charge in [0.05, 0.1) is 6.61 Å². The van der Waals surface area contributed by atoms with Gasteiger partial charge in [-0.2, -0.15) is 0 Å². The maximum Gasteiger partial charge on any atom is 0.315 e. The summed E-state index contributed by atoms with van der Waals surface area (Å²) in [5.74, 6) is -0.859.